The molecule has 3 rings (SSSR count). The average molecular weight is 329 g/mol. The minimum Gasteiger partial charge on any atom is -0.343 e. The van der Waals surface area contributed by atoms with Gasteiger partial charge in [-0.1, -0.05) is 42.5 Å². The van der Waals surface area contributed by atoms with E-state index in [1.165, 1.54) is 17.7 Å². The summed E-state index contributed by atoms with van der Waals surface area (Å²) in [5.74, 6) is -0.962. The first kappa shape index (κ1) is 17.1. The first-order valence-electron chi connectivity index (χ1n) is 8.44. The van der Waals surface area contributed by atoms with E-state index in [0.29, 0.717) is 13.2 Å². The predicted octanol–water partition coefficient (Wildman–Crippen LogP) is 3.94. The van der Waals surface area contributed by atoms with Gasteiger partial charge in [-0.05, 0) is 37.7 Å². The van der Waals surface area contributed by atoms with E-state index in [4.69, 9.17) is 9.47 Å². The smallest absolute Gasteiger partial charge is 0.195 e. The molecule has 0 unspecified atom stereocenters. The van der Waals surface area contributed by atoms with Gasteiger partial charge in [0, 0.05) is 18.5 Å². The zero-order valence-corrected chi connectivity index (χ0v) is 14.1. The van der Waals surface area contributed by atoms with Crippen LogP contribution in [0.2, 0.25) is 0 Å². The summed E-state index contributed by atoms with van der Waals surface area (Å²) in [7, 11) is 2.12. The Morgan fingerprint density at radius 2 is 1.67 bits per heavy atom. The molecular weight excluding hydrogens is 305 g/mol. The molecule has 0 N–H and O–H groups in total. The first-order chi connectivity index (χ1) is 11.7. The van der Waals surface area contributed by atoms with Crippen molar-refractivity contribution in [2.45, 2.75) is 25.2 Å². The van der Waals surface area contributed by atoms with Crippen molar-refractivity contribution in [1.82, 2.24) is 4.90 Å². The highest BCUT2D eigenvalue weighted by atomic mass is 19.1. The molecule has 0 aliphatic carbocycles. The van der Waals surface area contributed by atoms with Crippen molar-refractivity contribution in [2.75, 3.05) is 26.8 Å². The summed E-state index contributed by atoms with van der Waals surface area (Å²) in [5.41, 5.74) is 2.20. The lowest BCUT2D eigenvalue weighted by Crippen LogP contribution is -2.29. The number of hydrogen-bond donors (Lipinski definition) is 0. The van der Waals surface area contributed by atoms with Crippen molar-refractivity contribution in [3.05, 3.63) is 71.5 Å². The van der Waals surface area contributed by atoms with Crippen LogP contribution in [-0.2, 0) is 21.8 Å². The molecule has 3 nitrogen and oxygen atoms in total. The highest BCUT2D eigenvalue weighted by molar-refractivity contribution is 5.22. The van der Waals surface area contributed by atoms with Crippen LogP contribution >= 0.6 is 0 Å². The van der Waals surface area contributed by atoms with E-state index in [2.05, 4.69) is 36.2 Å². The van der Waals surface area contributed by atoms with Crippen LogP contribution in [0.25, 0.3) is 0 Å². The third kappa shape index (κ3) is 4.20. The fraction of sp³-hybridized carbons (Fsp3) is 0.400. The highest BCUT2D eigenvalue weighted by Crippen LogP contribution is 2.36. The summed E-state index contributed by atoms with van der Waals surface area (Å²) in [6.07, 6.45) is 1.71. The van der Waals surface area contributed by atoms with Gasteiger partial charge in [0.15, 0.2) is 5.79 Å². The molecule has 4 heteroatoms. The summed E-state index contributed by atoms with van der Waals surface area (Å²) in [6, 6.07) is 16.9. The molecule has 1 heterocycles. The number of benzene rings is 2. The second kappa shape index (κ2) is 7.88. The zero-order chi connectivity index (χ0) is 16.8. The van der Waals surface area contributed by atoms with Gasteiger partial charge < -0.3 is 14.4 Å². The minimum atomic E-state index is -0.721. The molecule has 0 amide bonds. The van der Waals surface area contributed by atoms with Crippen LogP contribution < -0.4 is 0 Å². The van der Waals surface area contributed by atoms with Crippen LogP contribution in [0.5, 0.6) is 0 Å². The molecule has 1 aliphatic heterocycles. The van der Waals surface area contributed by atoms with Crippen molar-refractivity contribution in [1.29, 1.82) is 0 Å². The predicted molar refractivity (Wildman–Crippen MR) is 92.0 cm³/mol. The average Bonchev–Trinajstić information content (AvgIpc) is 3.06. The molecule has 1 aliphatic rings. The van der Waals surface area contributed by atoms with Crippen LogP contribution in [0.4, 0.5) is 4.39 Å². The zero-order valence-electron chi connectivity index (χ0n) is 14.1. The quantitative estimate of drug-likeness (QED) is 0.768. The van der Waals surface area contributed by atoms with Crippen LogP contribution in [0.1, 0.15) is 24.0 Å². The Balaban J connectivity index is 1.56. The lowest BCUT2D eigenvalue weighted by atomic mass is 10.0. The Hall–Kier alpha value is -1.75. The van der Waals surface area contributed by atoms with E-state index < -0.39 is 5.79 Å². The Labute approximate surface area is 143 Å². The van der Waals surface area contributed by atoms with Crippen LogP contribution in [-0.4, -0.2) is 31.7 Å². The lowest BCUT2D eigenvalue weighted by Gasteiger charge is -2.29. The molecular formula is C20H24FNO2. The van der Waals surface area contributed by atoms with E-state index in [0.717, 1.165) is 31.5 Å². The lowest BCUT2D eigenvalue weighted by molar-refractivity contribution is -0.172. The summed E-state index contributed by atoms with van der Waals surface area (Å²) in [5, 5.41) is 0. The normalized spacial score (nSPS) is 16.6. The van der Waals surface area contributed by atoms with Gasteiger partial charge in [0.2, 0.25) is 0 Å². The van der Waals surface area contributed by atoms with E-state index in [9.17, 15) is 4.39 Å². The van der Waals surface area contributed by atoms with Gasteiger partial charge in [-0.25, -0.2) is 4.39 Å². The highest BCUT2D eigenvalue weighted by Gasteiger charge is 2.38. The van der Waals surface area contributed by atoms with E-state index >= 15 is 0 Å². The second-order valence-electron chi connectivity index (χ2n) is 6.28. The number of nitrogens with zero attached hydrogens (tertiary/aromatic N) is 1. The standard InChI is InChI=1S/C20H24FNO2/c1-22(16-17-6-3-2-4-7-17)13-5-12-20(23-14-15-24-20)18-8-10-19(21)11-9-18/h2-4,6-11H,5,12-16H2,1H3. The fourth-order valence-electron chi connectivity index (χ4n) is 3.17. The Kier molecular flexibility index (Phi) is 5.61. The van der Waals surface area contributed by atoms with Gasteiger partial charge in [0.1, 0.15) is 5.82 Å². The van der Waals surface area contributed by atoms with Gasteiger partial charge in [0.25, 0.3) is 0 Å². The molecule has 2 aromatic rings. The van der Waals surface area contributed by atoms with Crippen molar-refractivity contribution >= 4 is 0 Å². The van der Waals surface area contributed by atoms with E-state index in [1.54, 1.807) is 12.1 Å². The summed E-state index contributed by atoms with van der Waals surface area (Å²) in [4.78, 5) is 2.29. The fourth-order valence-corrected chi connectivity index (χ4v) is 3.17. The molecule has 1 fully saturated rings. The molecule has 0 atom stereocenters. The SMILES string of the molecule is CN(CCCC1(c2ccc(F)cc2)OCCO1)Cc1ccccc1. The number of hydrogen-bond acceptors (Lipinski definition) is 3. The first-order valence-corrected chi connectivity index (χ1v) is 8.44. The summed E-state index contributed by atoms with van der Waals surface area (Å²) < 4.78 is 25.0. The molecule has 0 radical (unpaired) electrons. The van der Waals surface area contributed by atoms with Gasteiger partial charge in [0.05, 0.1) is 13.2 Å². The Morgan fingerprint density at radius 1 is 1.00 bits per heavy atom. The number of rotatable bonds is 7. The van der Waals surface area contributed by atoms with Gasteiger partial charge in [-0.3, -0.25) is 0 Å². The molecule has 0 spiro atoms. The molecule has 2 aromatic carbocycles. The van der Waals surface area contributed by atoms with E-state index in [1.807, 2.05) is 6.07 Å². The maximum Gasteiger partial charge on any atom is 0.195 e. The van der Waals surface area contributed by atoms with Gasteiger partial charge in [-0.2, -0.15) is 0 Å². The van der Waals surface area contributed by atoms with Crippen molar-refractivity contribution in [2.24, 2.45) is 0 Å². The van der Waals surface area contributed by atoms with Gasteiger partial charge >= 0.3 is 0 Å². The van der Waals surface area contributed by atoms with Crippen molar-refractivity contribution in [3.8, 4) is 0 Å². The molecule has 0 aromatic heterocycles. The van der Waals surface area contributed by atoms with Crippen molar-refractivity contribution < 1.29 is 13.9 Å². The number of halogens is 1. The maximum atomic E-state index is 13.2. The minimum absolute atomic E-state index is 0.241. The summed E-state index contributed by atoms with van der Waals surface area (Å²) >= 11 is 0. The third-order valence-electron chi connectivity index (χ3n) is 4.38. The molecule has 0 bridgehead atoms. The molecule has 24 heavy (non-hydrogen) atoms. The maximum absolute atomic E-state index is 13.2. The van der Waals surface area contributed by atoms with Gasteiger partial charge in [-0.15, -0.1) is 0 Å². The Bertz CT molecular complexity index is 624. The Morgan fingerprint density at radius 3 is 2.33 bits per heavy atom. The van der Waals surface area contributed by atoms with Crippen molar-refractivity contribution in [3.63, 3.8) is 0 Å². The van der Waals surface area contributed by atoms with E-state index in [-0.39, 0.29) is 5.82 Å². The molecule has 128 valence electrons. The van der Waals surface area contributed by atoms with Crippen LogP contribution in [0.15, 0.2) is 54.6 Å². The van der Waals surface area contributed by atoms with Crippen LogP contribution in [0, 0.1) is 5.82 Å². The largest absolute Gasteiger partial charge is 0.343 e. The second-order valence-corrected chi connectivity index (χ2v) is 6.28. The topological polar surface area (TPSA) is 21.7 Å². The molecule has 0 saturated carbocycles. The third-order valence-corrected chi connectivity index (χ3v) is 4.38. The number of ether oxygens (including phenoxy) is 2. The monoisotopic (exact) mass is 329 g/mol. The van der Waals surface area contributed by atoms with Crippen LogP contribution in [0.3, 0.4) is 0 Å². The molecule has 1 saturated heterocycles. The summed E-state index contributed by atoms with van der Waals surface area (Å²) in [6.45, 7) is 3.03.